The number of aromatic amines is 1. The number of thiophene rings is 1. The third-order valence-electron chi connectivity index (χ3n) is 3.01. The van der Waals surface area contributed by atoms with Crippen LogP contribution in [0.1, 0.15) is 5.56 Å². The van der Waals surface area contributed by atoms with Gasteiger partial charge in [0, 0.05) is 17.2 Å². The second kappa shape index (κ2) is 4.53. The highest BCUT2D eigenvalue weighted by Crippen LogP contribution is 2.25. The summed E-state index contributed by atoms with van der Waals surface area (Å²) in [5.74, 6) is 0.341. The zero-order valence-electron chi connectivity index (χ0n) is 10.4. The van der Waals surface area contributed by atoms with E-state index in [1.54, 1.807) is 30.5 Å². The van der Waals surface area contributed by atoms with E-state index in [1.165, 1.54) is 17.4 Å². The van der Waals surface area contributed by atoms with Gasteiger partial charge >= 0.3 is 0 Å². The number of nitrogens with zero attached hydrogens (tertiary/aromatic N) is 2. The zero-order chi connectivity index (χ0) is 14.3. The topological polar surface area (TPSA) is 88.9 Å². The van der Waals surface area contributed by atoms with E-state index in [-0.39, 0.29) is 11.2 Å². The van der Waals surface area contributed by atoms with E-state index in [0.29, 0.717) is 27.2 Å². The van der Waals surface area contributed by atoms with Crippen LogP contribution in [0.3, 0.4) is 0 Å². The molecule has 20 heavy (non-hydrogen) atoms. The van der Waals surface area contributed by atoms with Crippen molar-refractivity contribution in [2.45, 2.75) is 6.92 Å². The molecule has 2 heterocycles. The Morgan fingerprint density at radius 2 is 2.15 bits per heavy atom. The van der Waals surface area contributed by atoms with Gasteiger partial charge in [-0.3, -0.25) is 14.9 Å². The van der Waals surface area contributed by atoms with Gasteiger partial charge in [-0.05, 0) is 18.4 Å². The lowest BCUT2D eigenvalue weighted by molar-refractivity contribution is -0.385. The lowest BCUT2D eigenvalue weighted by atomic mass is 10.1. The third kappa shape index (κ3) is 1.97. The van der Waals surface area contributed by atoms with Gasteiger partial charge in [0.15, 0.2) is 0 Å². The molecular weight excluding hydrogens is 278 g/mol. The quantitative estimate of drug-likeness (QED) is 0.579. The monoisotopic (exact) mass is 287 g/mol. The van der Waals surface area contributed by atoms with Gasteiger partial charge in [0.1, 0.15) is 10.7 Å². The average molecular weight is 287 g/mol. The molecule has 0 aliphatic heterocycles. The minimum absolute atomic E-state index is 0.0106. The van der Waals surface area contributed by atoms with Crippen molar-refractivity contribution in [1.82, 2.24) is 9.97 Å². The number of fused-ring (bicyclic) bond motifs is 1. The van der Waals surface area contributed by atoms with Crippen LogP contribution >= 0.6 is 11.3 Å². The van der Waals surface area contributed by atoms with Gasteiger partial charge in [-0.25, -0.2) is 4.98 Å². The third-order valence-corrected chi connectivity index (χ3v) is 3.82. The molecule has 100 valence electrons. The molecule has 3 aromatic rings. The van der Waals surface area contributed by atoms with E-state index < -0.39 is 4.92 Å². The first-order valence-corrected chi connectivity index (χ1v) is 6.67. The van der Waals surface area contributed by atoms with Crippen molar-refractivity contribution in [2.24, 2.45) is 0 Å². The number of aryl methyl sites for hydroxylation is 1. The van der Waals surface area contributed by atoms with Crippen LogP contribution in [0.2, 0.25) is 0 Å². The van der Waals surface area contributed by atoms with Gasteiger partial charge < -0.3 is 4.98 Å². The molecule has 3 rings (SSSR count). The molecule has 1 N–H and O–H groups in total. The lowest BCUT2D eigenvalue weighted by Gasteiger charge is -2.03. The van der Waals surface area contributed by atoms with E-state index >= 15 is 0 Å². The average Bonchev–Trinajstić information content (AvgIpc) is 2.87. The van der Waals surface area contributed by atoms with Crippen LogP contribution in [-0.4, -0.2) is 14.9 Å². The molecule has 1 aromatic carbocycles. The Morgan fingerprint density at radius 1 is 1.35 bits per heavy atom. The summed E-state index contributed by atoms with van der Waals surface area (Å²) in [6.07, 6.45) is 0. The van der Waals surface area contributed by atoms with Crippen LogP contribution in [0.25, 0.3) is 21.6 Å². The van der Waals surface area contributed by atoms with Gasteiger partial charge in [-0.1, -0.05) is 12.1 Å². The molecular formula is C13H9N3O3S. The highest BCUT2D eigenvalue weighted by Gasteiger charge is 2.14. The predicted octanol–water partition coefficient (Wildman–Crippen LogP) is 2.87. The highest BCUT2D eigenvalue weighted by atomic mass is 32.1. The second-order valence-electron chi connectivity index (χ2n) is 4.31. The van der Waals surface area contributed by atoms with Crippen molar-refractivity contribution in [2.75, 3.05) is 0 Å². The van der Waals surface area contributed by atoms with Crippen LogP contribution in [0, 0.1) is 17.0 Å². The number of hydrogen-bond donors (Lipinski definition) is 1. The first kappa shape index (κ1) is 12.5. The molecule has 0 bridgehead atoms. The summed E-state index contributed by atoms with van der Waals surface area (Å²) in [5.41, 5.74) is 0.860. The van der Waals surface area contributed by atoms with Crippen LogP contribution < -0.4 is 5.56 Å². The number of rotatable bonds is 2. The molecule has 0 saturated heterocycles. The Bertz CT molecular complexity index is 882. The number of nitro benzene ring substituents is 1. The normalized spacial score (nSPS) is 10.8. The van der Waals surface area contributed by atoms with Crippen molar-refractivity contribution < 1.29 is 4.92 Å². The standard InChI is InChI=1S/C13H9N3O3S/c1-7-2-3-8(6-10(7)16(18)19)11-14-12(17)9-4-5-20-13(9)15-11/h2-6H,1H3,(H,14,15,17). The van der Waals surface area contributed by atoms with E-state index in [0.717, 1.165) is 0 Å². The van der Waals surface area contributed by atoms with Crippen molar-refractivity contribution in [1.29, 1.82) is 0 Å². The van der Waals surface area contributed by atoms with Gasteiger partial charge in [-0.15, -0.1) is 11.3 Å². The Morgan fingerprint density at radius 3 is 2.90 bits per heavy atom. The molecule has 0 saturated carbocycles. The predicted molar refractivity (Wildman–Crippen MR) is 77.1 cm³/mol. The molecule has 2 aromatic heterocycles. The first-order chi connectivity index (χ1) is 9.56. The summed E-state index contributed by atoms with van der Waals surface area (Å²) in [7, 11) is 0. The lowest BCUT2D eigenvalue weighted by Crippen LogP contribution is -2.08. The Kier molecular flexibility index (Phi) is 2.83. The summed E-state index contributed by atoms with van der Waals surface area (Å²) in [4.78, 5) is 30.0. The van der Waals surface area contributed by atoms with Gasteiger partial charge in [0.2, 0.25) is 0 Å². The number of benzene rings is 1. The Hall–Kier alpha value is -2.54. The van der Waals surface area contributed by atoms with E-state index in [2.05, 4.69) is 9.97 Å². The highest BCUT2D eigenvalue weighted by molar-refractivity contribution is 7.16. The SMILES string of the molecule is Cc1ccc(-c2nc3sccc3c(=O)[nH]2)cc1[N+](=O)[O-]. The molecule has 0 aliphatic carbocycles. The second-order valence-corrected chi connectivity index (χ2v) is 5.21. The van der Waals surface area contributed by atoms with E-state index in [9.17, 15) is 14.9 Å². The maximum absolute atomic E-state index is 11.9. The summed E-state index contributed by atoms with van der Waals surface area (Å²) < 4.78 is 0. The van der Waals surface area contributed by atoms with Crippen LogP contribution in [0.15, 0.2) is 34.4 Å². The fourth-order valence-electron chi connectivity index (χ4n) is 1.96. The van der Waals surface area contributed by atoms with Gasteiger partial charge in [0.05, 0.1) is 10.3 Å². The molecule has 0 fully saturated rings. The van der Waals surface area contributed by atoms with Crippen molar-refractivity contribution >= 4 is 27.2 Å². The van der Waals surface area contributed by atoms with Gasteiger partial charge in [0.25, 0.3) is 11.2 Å². The summed E-state index contributed by atoms with van der Waals surface area (Å²) in [6.45, 7) is 1.67. The van der Waals surface area contributed by atoms with Crippen LogP contribution in [-0.2, 0) is 0 Å². The fraction of sp³-hybridized carbons (Fsp3) is 0.0769. The maximum Gasteiger partial charge on any atom is 0.273 e. The Balaban J connectivity index is 2.22. The molecule has 0 unspecified atom stereocenters. The number of hydrogen-bond acceptors (Lipinski definition) is 5. The van der Waals surface area contributed by atoms with Crippen LogP contribution in [0.4, 0.5) is 5.69 Å². The zero-order valence-corrected chi connectivity index (χ0v) is 11.2. The van der Waals surface area contributed by atoms with E-state index in [4.69, 9.17) is 0 Å². The van der Waals surface area contributed by atoms with Crippen molar-refractivity contribution in [3.05, 3.63) is 55.7 Å². The fourth-order valence-corrected chi connectivity index (χ4v) is 2.72. The molecule has 0 atom stereocenters. The first-order valence-electron chi connectivity index (χ1n) is 5.79. The summed E-state index contributed by atoms with van der Waals surface area (Å²) in [5, 5.41) is 13.3. The number of nitro groups is 1. The number of nitrogens with one attached hydrogen (secondary N) is 1. The molecule has 0 spiro atoms. The Labute approximate surface area is 116 Å². The molecule has 0 aliphatic rings. The summed E-state index contributed by atoms with van der Waals surface area (Å²) in [6, 6.07) is 6.48. The molecule has 6 nitrogen and oxygen atoms in total. The van der Waals surface area contributed by atoms with Gasteiger partial charge in [-0.2, -0.15) is 0 Å². The molecule has 0 amide bonds. The van der Waals surface area contributed by atoms with Crippen LogP contribution in [0.5, 0.6) is 0 Å². The molecule has 7 heteroatoms. The maximum atomic E-state index is 11.9. The minimum Gasteiger partial charge on any atom is -0.306 e. The molecule has 0 radical (unpaired) electrons. The number of aromatic nitrogens is 2. The van der Waals surface area contributed by atoms with Crippen molar-refractivity contribution in [3.63, 3.8) is 0 Å². The van der Waals surface area contributed by atoms with Crippen molar-refractivity contribution in [3.8, 4) is 11.4 Å². The summed E-state index contributed by atoms with van der Waals surface area (Å²) >= 11 is 1.36. The largest absolute Gasteiger partial charge is 0.306 e. The minimum atomic E-state index is -0.444. The smallest absolute Gasteiger partial charge is 0.273 e. The van der Waals surface area contributed by atoms with E-state index in [1.807, 2.05) is 0 Å². The number of H-pyrrole nitrogens is 1.